The number of benzene rings is 2. The van der Waals surface area contributed by atoms with Gasteiger partial charge in [0.15, 0.2) is 0 Å². The number of hydrogen-bond acceptors (Lipinski definition) is 2. The highest BCUT2D eigenvalue weighted by Crippen LogP contribution is 2.22. The van der Waals surface area contributed by atoms with Crippen LogP contribution in [0, 0.1) is 10.5 Å². The highest BCUT2D eigenvalue weighted by Gasteiger charge is 2.08. The minimum atomic E-state index is -0.105. The van der Waals surface area contributed by atoms with E-state index in [4.69, 9.17) is 4.74 Å². The van der Waals surface area contributed by atoms with Crippen molar-refractivity contribution in [2.45, 2.75) is 26.9 Å². The maximum atomic E-state index is 12.2. The van der Waals surface area contributed by atoms with E-state index in [2.05, 4.69) is 27.9 Å². The highest BCUT2D eigenvalue weighted by molar-refractivity contribution is 14.1. The topological polar surface area (TPSA) is 38.3 Å². The first-order valence-electron chi connectivity index (χ1n) is 6.80. The molecule has 2 aromatic rings. The zero-order chi connectivity index (χ0) is 15.4. The Morgan fingerprint density at radius 2 is 1.81 bits per heavy atom. The molecule has 0 bridgehead atoms. The van der Waals surface area contributed by atoms with Gasteiger partial charge < -0.3 is 10.1 Å². The maximum absolute atomic E-state index is 12.2. The number of halogens is 1. The normalized spacial score (nSPS) is 10.5. The third-order valence-electron chi connectivity index (χ3n) is 2.92. The number of ether oxygens (including phenoxy) is 1. The lowest BCUT2D eigenvalue weighted by atomic mass is 10.1. The third kappa shape index (κ3) is 4.46. The van der Waals surface area contributed by atoms with Crippen LogP contribution in [0.4, 0.5) is 5.69 Å². The van der Waals surface area contributed by atoms with Crippen LogP contribution in [0.25, 0.3) is 0 Å². The summed E-state index contributed by atoms with van der Waals surface area (Å²) in [7, 11) is 0. The quantitative estimate of drug-likeness (QED) is 0.767. The van der Waals surface area contributed by atoms with Gasteiger partial charge in [0.25, 0.3) is 5.91 Å². The highest BCUT2D eigenvalue weighted by atomic mass is 127. The molecule has 0 saturated carbocycles. The predicted molar refractivity (Wildman–Crippen MR) is 94.1 cm³/mol. The Bertz CT molecular complexity index is 636. The number of aryl methyl sites for hydroxylation is 1. The lowest BCUT2D eigenvalue weighted by Crippen LogP contribution is -2.13. The Kier molecular flexibility index (Phi) is 5.22. The van der Waals surface area contributed by atoms with Crippen molar-refractivity contribution in [3.63, 3.8) is 0 Å². The molecule has 0 fully saturated rings. The van der Waals surface area contributed by atoms with Crippen LogP contribution in [0.2, 0.25) is 0 Å². The molecule has 110 valence electrons. The lowest BCUT2D eigenvalue weighted by Gasteiger charge is -2.13. The summed E-state index contributed by atoms with van der Waals surface area (Å²) in [6.45, 7) is 5.93. The van der Waals surface area contributed by atoms with Crippen molar-refractivity contribution in [3.05, 3.63) is 57.2 Å². The second-order valence-electron chi connectivity index (χ2n) is 5.10. The molecule has 0 saturated heterocycles. The smallest absolute Gasteiger partial charge is 0.255 e. The molecule has 3 nitrogen and oxygen atoms in total. The van der Waals surface area contributed by atoms with Gasteiger partial charge in [-0.15, -0.1) is 0 Å². The van der Waals surface area contributed by atoms with Gasteiger partial charge in [-0.3, -0.25) is 4.79 Å². The van der Waals surface area contributed by atoms with E-state index in [1.54, 1.807) is 0 Å². The fourth-order valence-electron chi connectivity index (χ4n) is 1.92. The second-order valence-corrected chi connectivity index (χ2v) is 6.35. The van der Waals surface area contributed by atoms with E-state index in [0.29, 0.717) is 5.56 Å². The van der Waals surface area contributed by atoms with Crippen LogP contribution in [-0.4, -0.2) is 12.0 Å². The molecule has 0 heterocycles. The molecule has 2 rings (SSSR count). The minimum absolute atomic E-state index is 0.105. The standard InChI is InChI=1S/C17H18INO2/c1-11(2)21-15-8-9-16(12(3)10-15)19-17(20)13-4-6-14(18)7-5-13/h4-11H,1-3H3,(H,19,20). The average Bonchev–Trinajstić information content (AvgIpc) is 2.42. The van der Waals surface area contributed by atoms with Gasteiger partial charge in [0, 0.05) is 14.8 Å². The van der Waals surface area contributed by atoms with Crippen LogP contribution in [0.15, 0.2) is 42.5 Å². The molecule has 0 spiro atoms. The summed E-state index contributed by atoms with van der Waals surface area (Å²) in [4.78, 5) is 12.2. The average molecular weight is 395 g/mol. The first-order valence-corrected chi connectivity index (χ1v) is 7.88. The van der Waals surface area contributed by atoms with E-state index >= 15 is 0 Å². The number of carbonyl (C=O) groups is 1. The van der Waals surface area contributed by atoms with Gasteiger partial charge >= 0.3 is 0 Å². The first-order chi connectivity index (χ1) is 9.95. The summed E-state index contributed by atoms with van der Waals surface area (Å²) in [6, 6.07) is 13.2. The lowest BCUT2D eigenvalue weighted by molar-refractivity contribution is 0.102. The number of nitrogens with one attached hydrogen (secondary N) is 1. The SMILES string of the molecule is Cc1cc(OC(C)C)ccc1NC(=O)c1ccc(I)cc1. The Hall–Kier alpha value is -1.56. The van der Waals surface area contributed by atoms with Crippen LogP contribution in [0.5, 0.6) is 5.75 Å². The van der Waals surface area contributed by atoms with Crippen LogP contribution < -0.4 is 10.1 Å². The van der Waals surface area contributed by atoms with Crippen molar-refractivity contribution in [2.75, 3.05) is 5.32 Å². The molecular formula is C17H18INO2. The molecule has 0 aromatic heterocycles. The number of hydrogen-bond donors (Lipinski definition) is 1. The van der Waals surface area contributed by atoms with E-state index in [0.717, 1.165) is 20.6 Å². The number of anilines is 1. The van der Waals surface area contributed by atoms with Crippen LogP contribution in [0.3, 0.4) is 0 Å². The Morgan fingerprint density at radius 3 is 2.38 bits per heavy atom. The molecular weight excluding hydrogens is 377 g/mol. The monoisotopic (exact) mass is 395 g/mol. The largest absolute Gasteiger partial charge is 0.491 e. The number of rotatable bonds is 4. The van der Waals surface area contributed by atoms with E-state index in [-0.39, 0.29) is 12.0 Å². The van der Waals surface area contributed by atoms with E-state index in [1.165, 1.54) is 0 Å². The first kappa shape index (κ1) is 15.8. The molecule has 0 atom stereocenters. The Labute approximate surface area is 138 Å². The zero-order valence-electron chi connectivity index (χ0n) is 12.3. The summed E-state index contributed by atoms with van der Waals surface area (Å²) in [5.41, 5.74) is 2.43. The van der Waals surface area contributed by atoms with Crippen LogP contribution in [0.1, 0.15) is 29.8 Å². The van der Waals surface area contributed by atoms with Gasteiger partial charge in [-0.2, -0.15) is 0 Å². The van der Waals surface area contributed by atoms with Crippen molar-refractivity contribution in [1.82, 2.24) is 0 Å². The summed E-state index contributed by atoms with van der Waals surface area (Å²) in [5, 5.41) is 2.93. The third-order valence-corrected chi connectivity index (χ3v) is 3.64. The molecule has 0 radical (unpaired) electrons. The van der Waals surface area contributed by atoms with Gasteiger partial charge in [0.05, 0.1) is 6.10 Å². The Morgan fingerprint density at radius 1 is 1.14 bits per heavy atom. The molecule has 0 aliphatic rings. The molecule has 0 aliphatic carbocycles. The molecule has 2 aromatic carbocycles. The summed E-state index contributed by atoms with van der Waals surface area (Å²) < 4.78 is 6.75. The van der Waals surface area contributed by atoms with Gasteiger partial charge in [-0.05, 0) is 91.4 Å². The van der Waals surface area contributed by atoms with Gasteiger partial charge in [0.1, 0.15) is 5.75 Å². The van der Waals surface area contributed by atoms with Crippen molar-refractivity contribution in [2.24, 2.45) is 0 Å². The molecule has 4 heteroatoms. The Balaban J connectivity index is 2.12. The fourth-order valence-corrected chi connectivity index (χ4v) is 2.28. The molecule has 0 aliphatic heterocycles. The summed E-state index contributed by atoms with van der Waals surface area (Å²) in [6.07, 6.45) is 0.136. The number of carbonyl (C=O) groups excluding carboxylic acids is 1. The predicted octanol–water partition coefficient (Wildman–Crippen LogP) is 4.64. The molecule has 1 amide bonds. The van der Waals surface area contributed by atoms with Crippen LogP contribution in [-0.2, 0) is 0 Å². The van der Waals surface area contributed by atoms with Crippen molar-refractivity contribution in [1.29, 1.82) is 0 Å². The molecule has 1 N–H and O–H groups in total. The van der Waals surface area contributed by atoms with E-state index < -0.39 is 0 Å². The minimum Gasteiger partial charge on any atom is -0.491 e. The summed E-state index contributed by atoms with van der Waals surface area (Å²) in [5.74, 6) is 0.710. The summed E-state index contributed by atoms with van der Waals surface area (Å²) >= 11 is 2.22. The fraction of sp³-hybridized carbons (Fsp3) is 0.235. The number of amides is 1. The van der Waals surface area contributed by atoms with E-state index in [9.17, 15) is 4.79 Å². The van der Waals surface area contributed by atoms with Crippen molar-refractivity contribution in [3.8, 4) is 5.75 Å². The van der Waals surface area contributed by atoms with Crippen molar-refractivity contribution < 1.29 is 9.53 Å². The van der Waals surface area contributed by atoms with Gasteiger partial charge in [0.2, 0.25) is 0 Å². The van der Waals surface area contributed by atoms with Crippen LogP contribution >= 0.6 is 22.6 Å². The van der Waals surface area contributed by atoms with Crippen molar-refractivity contribution >= 4 is 34.2 Å². The van der Waals surface area contributed by atoms with Gasteiger partial charge in [-0.1, -0.05) is 0 Å². The molecule has 0 unspecified atom stereocenters. The zero-order valence-corrected chi connectivity index (χ0v) is 14.5. The maximum Gasteiger partial charge on any atom is 0.255 e. The second kappa shape index (κ2) is 6.93. The van der Waals surface area contributed by atoms with E-state index in [1.807, 2.05) is 63.2 Å². The van der Waals surface area contributed by atoms with Gasteiger partial charge in [-0.25, -0.2) is 0 Å². The molecule has 21 heavy (non-hydrogen) atoms.